The van der Waals surface area contributed by atoms with Crippen molar-refractivity contribution in [3.8, 4) is 22.5 Å². The topological polar surface area (TPSA) is 50.2 Å². The second kappa shape index (κ2) is 6.23. The zero-order valence-electron chi connectivity index (χ0n) is 12.5. The van der Waals surface area contributed by atoms with Crippen LogP contribution in [0.3, 0.4) is 0 Å². The molecule has 0 atom stereocenters. The van der Waals surface area contributed by atoms with Gasteiger partial charge in [0.25, 0.3) is 0 Å². The monoisotopic (exact) mass is 323 g/mol. The van der Waals surface area contributed by atoms with Crippen LogP contribution in [0.1, 0.15) is 15.9 Å². The molecule has 114 valence electrons. The van der Waals surface area contributed by atoms with Gasteiger partial charge in [-0.05, 0) is 31.2 Å². The maximum atomic E-state index is 11.4. The van der Waals surface area contributed by atoms with E-state index in [1.165, 1.54) is 0 Å². The molecule has 0 spiro atoms. The molecule has 3 rings (SSSR count). The van der Waals surface area contributed by atoms with E-state index in [1.807, 2.05) is 43.3 Å². The summed E-state index contributed by atoms with van der Waals surface area (Å²) in [5.41, 5.74) is 4.30. The summed E-state index contributed by atoms with van der Waals surface area (Å²) in [5, 5.41) is 9.99. The van der Waals surface area contributed by atoms with Crippen molar-refractivity contribution in [1.82, 2.24) is 4.98 Å². The molecule has 2 aromatic carbocycles. The minimum absolute atomic E-state index is 0.209. The van der Waals surface area contributed by atoms with Crippen molar-refractivity contribution in [2.45, 2.75) is 6.92 Å². The minimum atomic E-state index is -0.976. The number of benzene rings is 2. The summed E-state index contributed by atoms with van der Waals surface area (Å²) in [6.07, 6.45) is 0. The predicted molar refractivity (Wildman–Crippen MR) is 91.8 cm³/mol. The number of aromatic carboxylic acids is 1. The maximum Gasteiger partial charge on any atom is 0.335 e. The van der Waals surface area contributed by atoms with E-state index >= 15 is 0 Å². The molecule has 0 amide bonds. The van der Waals surface area contributed by atoms with Crippen molar-refractivity contribution in [3.63, 3.8) is 0 Å². The average molecular weight is 324 g/mol. The summed E-state index contributed by atoms with van der Waals surface area (Å²) in [6.45, 7) is 2.00. The van der Waals surface area contributed by atoms with Gasteiger partial charge >= 0.3 is 5.97 Å². The normalized spacial score (nSPS) is 10.5. The SMILES string of the molecule is Cc1ccc(-c2cc(C(=O)O)cc(-c3ccc(Cl)cc3)n2)cc1. The molecule has 0 radical (unpaired) electrons. The Hall–Kier alpha value is -2.65. The molecule has 0 bridgehead atoms. The van der Waals surface area contributed by atoms with E-state index in [0.717, 1.165) is 16.7 Å². The summed E-state index contributed by atoms with van der Waals surface area (Å²) in [4.78, 5) is 16.0. The standard InChI is InChI=1S/C19H14ClNO2/c1-12-2-4-13(5-3-12)17-10-15(19(22)23)11-18(21-17)14-6-8-16(20)9-7-14/h2-11H,1H3,(H,22,23). The summed E-state index contributed by atoms with van der Waals surface area (Å²) in [7, 11) is 0. The van der Waals surface area contributed by atoms with Gasteiger partial charge in [-0.25, -0.2) is 9.78 Å². The van der Waals surface area contributed by atoms with Gasteiger partial charge < -0.3 is 5.11 Å². The van der Waals surface area contributed by atoms with Gasteiger partial charge in [0.05, 0.1) is 17.0 Å². The van der Waals surface area contributed by atoms with Gasteiger partial charge in [0, 0.05) is 16.1 Å². The first-order chi connectivity index (χ1) is 11.0. The van der Waals surface area contributed by atoms with Gasteiger partial charge in [0.2, 0.25) is 0 Å². The fraction of sp³-hybridized carbons (Fsp3) is 0.0526. The molecule has 3 nitrogen and oxygen atoms in total. The number of rotatable bonds is 3. The Bertz CT molecular complexity index is 792. The molecule has 4 heteroatoms. The number of pyridine rings is 1. The molecule has 0 aliphatic heterocycles. The zero-order valence-corrected chi connectivity index (χ0v) is 13.2. The second-order valence-corrected chi connectivity index (χ2v) is 5.74. The number of aryl methyl sites for hydroxylation is 1. The molecule has 1 heterocycles. The predicted octanol–water partition coefficient (Wildman–Crippen LogP) is 5.08. The van der Waals surface area contributed by atoms with E-state index in [4.69, 9.17) is 11.6 Å². The van der Waals surface area contributed by atoms with E-state index < -0.39 is 5.97 Å². The minimum Gasteiger partial charge on any atom is -0.478 e. The van der Waals surface area contributed by atoms with E-state index in [1.54, 1.807) is 24.3 Å². The van der Waals surface area contributed by atoms with Gasteiger partial charge in [-0.15, -0.1) is 0 Å². The average Bonchev–Trinajstić information content (AvgIpc) is 2.55. The van der Waals surface area contributed by atoms with Crippen LogP contribution in [0.15, 0.2) is 60.7 Å². The molecule has 0 aliphatic carbocycles. The summed E-state index contributed by atoms with van der Waals surface area (Å²) in [6, 6.07) is 18.2. The van der Waals surface area contributed by atoms with Crippen LogP contribution in [-0.2, 0) is 0 Å². The molecule has 0 aliphatic rings. The Labute approximate surface area is 139 Å². The van der Waals surface area contributed by atoms with Crippen LogP contribution in [0.5, 0.6) is 0 Å². The molecule has 0 unspecified atom stereocenters. The van der Waals surface area contributed by atoms with Crippen molar-refractivity contribution in [3.05, 3.63) is 76.8 Å². The Morgan fingerprint density at radius 3 is 1.87 bits per heavy atom. The largest absolute Gasteiger partial charge is 0.478 e. The number of carboxylic acids is 1. The highest BCUT2D eigenvalue weighted by Gasteiger charge is 2.11. The van der Waals surface area contributed by atoms with E-state index in [9.17, 15) is 9.90 Å². The lowest BCUT2D eigenvalue weighted by Gasteiger charge is -2.08. The van der Waals surface area contributed by atoms with Crippen LogP contribution in [0.2, 0.25) is 5.02 Å². The third-order valence-corrected chi connectivity index (χ3v) is 3.81. The Morgan fingerprint density at radius 1 is 0.913 bits per heavy atom. The maximum absolute atomic E-state index is 11.4. The van der Waals surface area contributed by atoms with E-state index in [2.05, 4.69) is 4.98 Å². The van der Waals surface area contributed by atoms with Crippen LogP contribution in [0.25, 0.3) is 22.5 Å². The molecule has 0 saturated heterocycles. The van der Waals surface area contributed by atoms with Gasteiger partial charge in [0.1, 0.15) is 0 Å². The Kier molecular flexibility index (Phi) is 4.13. The highest BCUT2D eigenvalue weighted by atomic mass is 35.5. The van der Waals surface area contributed by atoms with Crippen molar-refractivity contribution in [2.75, 3.05) is 0 Å². The third kappa shape index (κ3) is 3.41. The van der Waals surface area contributed by atoms with Gasteiger partial charge in [0.15, 0.2) is 0 Å². The lowest BCUT2D eigenvalue weighted by Crippen LogP contribution is -2.00. The first-order valence-corrected chi connectivity index (χ1v) is 7.49. The first kappa shape index (κ1) is 15.3. The number of carboxylic acid groups (broad SMARTS) is 1. The lowest BCUT2D eigenvalue weighted by atomic mass is 10.0. The lowest BCUT2D eigenvalue weighted by molar-refractivity contribution is 0.0697. The fourth-order valence-corrected chi connectivity index (χ4v) is 2.42. The van der Waals surface area contributed by atoms with Crippen LogP contribution in [0, 0.1) is 6.92 Å². The zero-order chi connectivity index (χ0) is 16.4. The summed E-state index contributed by atoms with van der Waals surface area (Å²) < 4.78 is 0. The quantitative estimate of drug-likeness (QED) is 0.731. The van der Waals surface area contributed by atoms with E-state index in [0.29, 0.717) is 16.4 Å². The molecular formula is C19H14ClNO2. The van der Waals surface area contributed by atoms with Crippen molar-refractivity contribution in [2.24, 2.45) is 0 Å². The molecule has 1 N–H and O–H groups in total. The number of hydrogen-bond acceptors (Lipinski definition) is 2. The van der Waals surface area contributed by atoms with Crippen molar-refractivity contribution in [1.29, 1.82) is 0 Å². The molecule has 0 saturated carbocycles. The first-order valence-electron chi connectivity index (χ1n) is 7.11. The third-order valence-electron chi connectivity index (χ3n) is 3.56. The number of nitrogens with zero attached hydrogens (tertiary/aromatic N) is 1. The van der Waals surface area contributed by atoms with Gasteiger partial charge in [-0.1, -0.05) is 53.6 Å². The molecular weight excluding hydrogens is 310 g/mol. The molecule has 0 fully saturated rings. The van der Waals surface area contributed by atoms with Crippen molar-refractivity contribution >= 4 is 17.6 Å². The van der Waals surface area contributed by atoms with Crippen LogP contribution < -0.4 is 0 Å². The number of carbonyl (C=O) groups is 1. The highest BCUT2D eigenvalue weighted by Crippen LogP contribution is 2.26. The number of aromatic nitrogens is 1. The Balaban J connectivity index is 2.15. The fourth-order valence-electron chi connectivity index (χ4n) is 2.29. The van der Waals surface area contributed by atoms with Crippen molar-refractivity contribution < 1.29 is 9.90 Å². The number of hydrogen-bond donors (Lipinski definition) is 1. The molecule has 3 aromatic rings. The summed E-state index contributed by atoms with van der Waals surface area (Å²) in [5.74, 6) is -0.976. The number of halogens is 1. The summed E-state index contributed by atoms with van der Waals surface area (Å²) >= 11 is 5.91. The van der Waals surface area contributed by atoms with Gasteiger partial charge in [-0.2, -0.15) is 0 Å². The van der Waals surface area contributed by atoms with Crippen LogP contribution >= 0.6 is 11.6 Å². The molecule has 1 aromatic heterocycles. The Morgan fingerprint density at radius 2 is 1.39 bits per heavy atom. The van der Waals surface area contributed by atoms with E-state index in [-0.39, 0.29) is 5.56 Å². The van der Waals surface area contributed by atoms with Crippen LogP contribution in [-0.4, -0.2) is 16.1 Å². The smallest absolute Gasteiger partial charge is 0.335 e. The second-order valence-electron chi connectivity index (χ2n) is 5.30. The van der Waals surface area contributed by atoms with Gasteiger partial charge in [-0.3, -0.25) is 0 Å². The molecule has 23 heavy (non-hydrogen) atoms. The highest BCUT2D eigenvalue weighted by molar-refractivity contribution is 6.30. The van der Waals surface area contributed by atoms with Crippen LogP contribution in [0.4, 0.5) is 0 Å².